The topological polar surface area (TPSA) is 9.86 Å². The van der Waals surface area contributed by atoms with Crippen molar-refractivity contribution in [2.45, 2.75) is 10.8 Å². The molecule has 4 aliphatic carbocycles. The number of aromatic nitrogens is 2. The second-order valence-corrected chi connectivity index (χ2v) is 28.6. The third-order valence-corrected chi connectivity index (χ3v) is 23.4. The zero-order valence-electron chi connectivity index (χ0n) is 56.8. The van der Waals surface area contributed by atoms with Crippen molar-refractivity contribution in [3.8, 4) is 89.3 Å². The van der Waals surface area contributed by atoms with Crippen molar-refractivity contribution >= 4 is 67.9 Å². The Bertz CT molecular complexity index is 6190. The highest BCUT2D eigenvalue weighted by Crippen LogP contribution is 2.66. The highest BCUT2D eigenvalue weighted by Gasteiger charge is 2.54. The molecular weight excluding hydrogens is 1250 g/mol. The first-order valence-corrected chi connectivity index (χ1v) is 36.3. The second kappa shape index (κ2) is 22.6. The monoisotopic (exact) mass is 1320 g/mol. The van der Waals surface area contributed by atoms with E-state index in [1.807, 2.05) is 0 Å². The summed E-state index contributed by atoms with van der Waals surface area (Å²) in [6, 6.07) is 137. The molecule has 4 aliphatic rings. The zero-order chi connectivity index (χ0) is 68.2. The lowest BCUT2D eigenvalue weighted by Crippen LogP contribution is -2.26. The average molecular weight is 1320 g/mol. The lowest BCUT2D eigenvalue weighted by Gasteiger charge is -2.31. The first-order valence-electron chi connectivity index (χ1n) is 36.3. The Hall–Kier alpha value is -13.4. The SMILES string of the molecule is C(=Cc1ccc2c(c1)C1(c3ccccc3-c3ccccc31)c1cc(-c3ccc4c(c3)C3(c5ccccc5-c5ccccc53)c3cc(C=Cc5ccc(-c6ccc7c(c6)c6ccccc6n7-c6ccccc6)cc5)ccc3-4)ccc1-2)c1ccc(-c2ccc3c(c2)c2ccccc2n3-c2ccccc2)cc1. The third-order valence-electron chi connectivity index (χ3n) is 23.4. The van der Waals surface area contributed by atoms with E-state index in [1.54, 1.807) is 0 Å². The normalized spacial score (nSPS) is 13.7. The van der Waals surface area contributed by atoms with Crippen molar-refractivity contribution in [3.63, 3.8) is 0 Å². The summed E-state index contributed by atoms with van der Waals surface area (Å²) in [6.45, 7) is 0. The molecule has 2 heterocycles. The summed E-state index contributed by atoms with van der Waals surface area (Å²) in [7, 11) is 0. The number of para-hydroxylation sites is 4. The maximum Gasteiger partial charge on any atom is 0.0725 e. The lowest BCUT2D eigenvalue weighted by molar-refractivity contribution is 0.792. The smallest absolute Gasteiger partial charge is 0.0725 e. The van der Waals surface area contributed by atoms with Gasteiger partial charge in [-0.05, 0) is 230 Å². The van der Waals surface area contributed by atoms with E-state index < -0.39 is 10.8 Å². The molecule has 0 aliphatic heterocycles. The number of fused-ring (bicyclic) bond motifs is 26. The number of rotatable bonds is 9. The first-order chi connectivity index (χ1) is 51.5. The maximum atomic E-state index is 2.55. The third kappa shape index (κ3) is 8.39. The minimum Gasteiger partial charge on any atom is -0.309 e. The minimum absolute atomic E-state index is 0.543. The van der Waals surface area contributed by atoms with Gasteiger partial charge < -0.3 is 9.13 Å². The lowest BCUT2D eigenvalue weighted by atomic mass is 9.69. The van der Waals surface area contributed by atoms with Gasteiger partial charge in [0.15, 0.2) is 0 Å². The fourth-order valence-electron chi connectivity index (χ4n) is 18.9. The maximum absolute atomic E-state index is 2.55. The number of benzene rings is 16. The molecule has 0 saturated heterocycles. The molecule has 0 atom stereocenters. The van der Waals surface area contributed by atoms with Crippen LogP contribution in [0.4, 0.5) is 0 Å². The van der Waals surface area contributed by atoms with Crippen molar-refractivity contribution in [2.24, 2.45) is 0 Å². The molecule has 104 heavy (non-hydrogen) atoms. The average Bonchev–Trinajstić information content (AvgIpc) is 1.51. The molecule has 16 aromatic carbocycles. The molecule has 0 N–H and O–H groups in total. The van der Waals surface area contributed by atoms with E-state index in [9.17, 15) is 0 Å². The molecule has 0 amide bonds. The Labute approximate surface area is 604 Å². The molecule has 2 aromatic heterocycles. The van der Waals surface area contributed by atoms with Gasteiger partial charge in [-0.15, -0.1) is 0 Å². The van der Waals surface area contributed by atoms with Crippen LogP contribution in [0.3, 0.4) is 0 Å². The molecule has 0 bridgehead atoms. The standard InChI is InChI=1S/C102H64N2/c1-3-19-75(20-4-1)103-97-33-17-11-27-85(97)87-61-71(51-57-99(87)103)69-45-39-65(40-46-69)35-37-67-43-53-81-83-55-49-73(63-95(83)101(93(81)59-67)89-29-13-7-23-77(89)78-24-8-14-30-90(78)101)74-50-56-84-82-54-44-68(60-94(82)102(96(84)64-74)91-31-15-9-25-79(91)80-26-10-16-32-92(80)102)38-36-66-41-47-70(48-42-66)72-52-58-100-88(62-72)86-28-12-18-34-98(86)104(100)76-21-5-2-6-22-76/h1-64H. The van der Waals surface area contributed by atoms with Crippen LogP contribution < -0.4 is 0 Å². The Morgan fingerprint density at radius 2 is 0.442 bits per heavy atom. The van der Waals surface area contributed by atoms with Crippen molar-refractivity contribution in [3.05, 3.63) is 431 Å². The van der Waals surface area contributed by atoms with Gasteiger partial charge in [-0.2, -0.15) is 0 Å². The van der Waals surface area contributed by atoms with Crippen molar-refractivity contribution in [1.29, 1.82) is 0 Å². The summed E-state index contributed by atoms with van der Waals surface area (Å²) in [5, 5.41) is 5.02. The summed E-state index contributed by atoms with van der Waals surface area (Å²) < 4.78 is 4.76. The molecule has 0 fully saturated rings. The summed E-state index contributed by atoms with van der Waals surface area (Å²) >= 11 is 0. The molecule has 2 spiro atoms. The molecule has 2 heteroatoms. The van der Waals surface area contributed by atoms with Crippen LogP contribution in [0.1, 0.15) is 66.8 Å². The summed E-state index contributed by atoms with van der Waals surface area (Å²) in [6.07, 6.45) is 9.16. The molecule has 2 nitrogen and oxygen atoms in total. The van der Waals surface area contributed by atoms with Crippen LogP contribution in [0.15, 0.2) is 364 Å². The molecule has 0 saturated carbocycles. The van der Waals surface area contributed by atoms with E-state index >= 15 is 0 Å². The molecule has 22 rings (SSSR count). The van der Waals surface area contributed by atoms with Gasteiger partial charge in [-0.1, -0.05) is 303 Å². The fourth-order valence-corrected chi connectivity index (χ4v) is 18.9. The minimum atomic E-state index is -0.543. The van der Waals surface area contributed by atoms with Crippen LogP contribution in [-0.4, -0.2) is 9.13 Å². The van der Waals surface area contributed by atoms with E-state index in [-0.39, 0.29) is 0 Å². The van der Waals surface area contributed by atoms with Crippen LogP contribution in [0.2, 0.25) is 0 Å². The first kappa shape index (κ1) is 58.4. The van der Waals surface area contributed by atoms with Gasteiger partial charge in [0.1, 0.15) is 0 Å². The van der Waals surface area contributed by atoms with E-state index in [0.717, 1.165) is 11.1 Å². The van der Waals surface area contributed by atoms with Gasteiger partial charge >= 0.3 is 0 Å². The van der Waals surface area contributed by atoms with Crippen LogP contribution in [0.25, 0.3) is 157 Å². The number of nitrogens with zero attached hydrogens (tertiary/aromatic N) is 2. The van der Waals surface area contributed by atoms with E-state index in [0.29, 0.717) is 0 Å². The Morgan fingerprint density at radius 1 is 0.173 bits per heavy atom. The van der Waals surface area contributed by atoms with Gasteiger partial charge in [0.05, 0.1) is 32.9 Å². The second-order valence-electron chi connectivity index (χ2n) is 28.6. The van der Waals surface area contributed by atoms with E-state index in [1.165, 1.54) is 189 Å². The summed E-state index contributed by atoms with van der Waals surface area (Å²) in [5.41, 5.74) is 38.9. The zero-order valence-corrected chi connectivity index (χ0v) is 56.8. The quantitative estimate of drug-likeness (QED) is 0.128. The van der Waals surface area contributed by atoms with Crippen LogP contribution in [-0.2, 0) is 10.8 Å². The Balaban J connectivity index is 0.610. The van der Waals surface area contributed by atoms with Crippen molar-refractivity contribution in [1.82, 2.24) is 9.13 Å². The molecule has 0 radical (unpaired) electrons. The largest absolute Gasteiger partial charge is 0.309 e. The van der Waals surface area contributed by atoms with Gasteiger partial charge in [0.2, 0.25) is 0 Å². The van der Waals surface area contributed by atoms with Crippen LogP contribution in [0.5, 0.6) is 0 Å². The number of hydrogen-bond donors (Lipinski definition) is 0. The molecule has 18 aromatic rings. The predicted molar refractivity (Wildman–Crippen MR) is 435 cm³/mol. The van der Waals surface area contributed by atoms with Crippen LogP contribution in [0, 0.1) is 0 Å². The van der Waals surface area contributed by atoms with E-state index in [2.05, 4.69) is 397 Å². The van der Waals surface area contributed by atoms with Crippen molar-refractivity contribution in [2.75, 3.05) is 0 Å². The van der Waals surface area contributed by atoms with Gasteiger partial charge in [-0.3, -0.25) is 0 Å². The molecule has 0 unspecified atom stereocenters. The van der Waals surface area contributed by atoms with Gasteiger partial charge in [0, 0.05) is 32.9 Å². The summed E-state index contributed by atoms with van der Waals surface area (Å²) in [4.78, 5) is 0. The molecule has 482 valence electrons. The summed E-state index contributed by atoms with van der Waals surface area (Å²) in [5.74, 6) is 0. The van der Waals surface area contributed by atoms with Crippen LogP contribution >= 0.6 is 0 Å². The molecular formula is C102H64N2. The highest BCUT2D eigenvalue weighted by atomic mass is 15.0. The van der Waals surface area contributed by atoms with Gasteiger partial charge in [0.25, 0.3) is 0 Å². The predicted octanol–water partition coefficient (Wildman–Crippen LogP) is 25.9. The fraction of sp³-hybridized carbons (Fsp3) is 0.0196. The van der Waals surface area contributed by atoms with Crippen molar-refractivity contribution < 1.29 is 0 Å². The Kier molecular flexibility index (Phi) is 12.7. The highest BCUT2D eigenvalue weighted by molar-refractivity contribution is 6.12. The van der Waals surface area contributed by atoms with Gasteiger partial charge in [-0.25, -0.2) is 0 Å². The van der Waals surface area contributed by atoms with E-state index in [4.69, 9.17) is 0 Å². The Morgan fingerprint density at radius 3 is 0.837 bits per heavy atom. The number of hydrogen-bond acceptors (Lipinski definition) is 0.